The number of carbonyl (C=O) groups is 3. The summed E-state index contributed by atoms with van der Waals surface area (Å²) in [5.74, 6) is -0.665. The molecule has 2 aliphatic rings. The number of carbonyl (C=O) groups excluding carboxylic acids is 3. The molecule has 2 aliphatic heterocycles. The van der Waals surface area contributed by atoms with Crippen molar-refractivity contribution in [1.29, 1.82) is 0 Å². The highest BCUT2D eigenvalue weighted by atomic mass is 32.1. The molecular formula is C32H47N5O5S. The minimum Gasteiger partial charge on any atom is -0.391 e. The minimum atomic E-state index is -0.882. The summed E-state index contributed by atoms with van der Waals surface area (Å²) in [5, 5.41) is 19.7. The number of β-amino-alcohol motifs (C(OH)–C–C–N with tert-alkyl or cyclic N) is 1. The van der Waals surface area contributed by atoms with Gasteiger partial charge < -0.3 is 30.7 Å². The van der Waals surface area contributed by atoms with Gasteiger partial charge in [-0.25, -0.2) is 4.98 Å². The number of benzene rings is 1. The van der Waals surface area contributed by atoms with Crippen LogP contribution >= 0.6 is 11.3 Å². The van der Waals surface area contributed by atoms with E-state index in [0.29, 0.717) is 12.5 Å². The zero-order valence-electron chi connectivity index (χ0n) is 26.0. The Bertz CT molecular complexity index is 1240. The molecule has 0 spiro atoms. The van der Waals surface area contributed by atoms with Gasteiger partial charge in [0.1, 0.15) is 18.7 Å². The third-order valence-corrected chi connectivity index (χ3v) is 9.25. The monoisotopic (exact) mass is 613 g/mol. The summed E-state index contributed by atoms with van der Waals surface area (Å²) >= 11 is 1.61. The number of aliphatic hydroxyl groups excluding tert-OH is 1. The van der Waals surface area contributed by atoms with Crippen LogP contribution < -0.4 is 16.0 Å². The molecule has 43 heavy (non-hydrogen) atoms. The Morgan fingerprint density at radius 3 is 2.51 bits per heavy atom. The van der Waals surface area contributed by atoms with E-state index in [2.05, 4.69) is 27.9 Å². The molecule has 1 aromatic heterocycles. The molecule has 2 fully saturated rings. The van der Waals surface area contributed by atoms with Crippen LogP contribution in [0.2, 0.25) is 0 Å². The van der Waals surface area contributed by atoms with E-state index in [4.69, 9.17) is 4.74 Å². The zero-order valence-corrected chi connectivity index (χ0v) is 26.8. The van der Waals surface area contributed by atoms with Gasteiger partial charge in [-0.1, -0.05) is 52.0 Å². The lowest BCUT2D eigenvalue weighted by atomic mass is 9.85. The molecule has 4 atom stereocenters. The van der Waals surface area contributed by atoms with Crippen LogP contribution in [0.25, 0.3) is 10.4 Å². The van der Waals surface area contributed by atoms with E-state index < -0.39 is 23.6 Å². The molecule has 2 aromatic rings. The van der Waals surface area contributed by atoms with Crippen LogP contribution in [0.1, 0.15) is 71.2 Å². The Hall–Kier alpha value is -2.86. The minimum absolute atomic E-state index is 0.0310. The molecule has 4 N–H and O–H groups in total. The van der Waals surface area contributed by atoms with Crippen molar-refractivity contribution in [3.05, 3.63) is 41.0 Å². The van der Waals surface area contributed by atoms with E-state index >= 15 is 0 Å². The Labute approximate surface area is 259 Å². The van der Waals surface area contributed by atoms with E-state index in [1.54, 1.807) is 11.3 Å². The first-order chi connectivity index (χ1) is 20.5. The molecule has 2 saturated heterocycles. The maximum atomic E-state index is 13.8. The molecule has 10 nitrogen and oxygen atoms in total. The highest BCUT2D eigenvalue weighted by molar-refractivity contribution is 7.13. The number of thiazole rings is 1. The zero-order chi connectivity index (χ0) is 31.1. The van der Waals surface area contributed by atoms with Gasteiger partial charge in [-0.05, 0) is 61.7 Å². The lowest BCUT2D eigenvalue weighted by Crippen LogP contribution is -2.58. The second-order valence-electron chi connectivity index (χ2n) is 12.8. The van der Waals surface area contributed by atoms with Gasteiger partial charge in [0.2, 0.25) is 17.7 Å². The van der Waals surface area contributed by atoms with Crippen LogP contribution in [-0.2, 0) is 25.5 Å². The summed E-state index contributed by atoms with van der Waals surface area (Å²) < 4.78 is 5.68. The number of hydrogen-bond acceptors (Lipinski definition) is 8. The fraction of sp³-hybridized carbons (Fsp3) is 0.625. The maximum Gasteiger partial charge on any atom is 0.246 e. The summed E-state index contributed by atoms with van der Waals surface area (Å²) in [4.78, 5) is 47.1. The number of aryl methyl sites for hydroxylation is 1. The first-order valence-corrected chi connectivity index (χ1v) is 16.2. The van der Waals surface area contributed by atoms with Crippen molar-refractivity contribution in [3.63, 3.8) is 0 Å². The van der Waals surface area contributed by atoms with Crippen molar-refractivity contribution in [2.45, 2.75) is 84.5 Å². The van der Waals surface area contributed by atoms with Gasteiger partial charge in [-0.2, -0.15) is 0 Å². The first kappa shape index (κ1) is 33.0. The molecule has 3 amide bonds. The fourth-order valence-corrected chi connectivity index (χ4v) is 6.65. The van der Waals surface area contributed by atoms with E-state index in [9.17, 15) is 19.5 Å². The molecule has 236 valence electrons. The number of nitrogens with one attached hydrogen (secondary N) is 3. The van der Waals surface area contributed by atoms with Crippen LogP contribution in [0.3, 0.4) is 0 Å². The Morgan fingerprint density at radius 1 is 1.16 bits per heavy atom. The summed E-state index contributed by atoms with van der Waals surface area (Å²) in [6, 6.07) is 6.02. The number of ether oxygens (including phenoxy) is 1. The first-order valence-electron chi connectivity index (χ1n) is 15.4. The average Bonchev–Trinajstić information content (AvgIpc) is 3.62. The quantitative estimate of drug-likeness (QED) is 0.306. The van der Waals surface area contributed by atoms with E-state index in [1.807, 2.05) is 57.5 Å². The molecule has 0 aliphatic carbocycles. The molecule has 1 aromatic carbocycles. The number of aromatic nitrogens is 1. The predicted molar refractivity (Wildman–Crippen MR) is 167 cm³/mol. The number of likely N-dealkylation sites (tertiary alicyclic amines) is 1. The van der Waals surface area contributed by atoms with Crippen molar-refractivity contribution < 1.29 is 24.2 Å². The van der Waals surface area contributed by atoms with E-state index in [0.717, 1.165) is 54.0 Å². The number of amides is 3. The van der Waals surface area contributed by atoms with Crippen LogP contribution in [0, 0.1) is 11.3 Å². The highest BCUT2D eigenvalue weighted by Gasteiger charge is 2.44. The van der Waals surface area contributed by atoms with Crippen LogP contribution in [0.15, 0.2) is 29.8 Å². The topological polar surface area (TPSA) is 133 Å². The number of hydrogen-bond donors (Lipinski definition) is 4. The summed E-state index contributed by atoms with van der Waals surface area (Å²) in [5.41, 5.74) is 4.32. The molecule has 3 heterocycles. The normalized spacial score (nSPS) is 20.9. The van der Waals surface area contributed by atoms with Crippen molar-refractivity contribution in [3.8, 4) is 10.4 Å². The van der Waals surface area contributed by atoms with Gasteiger partial charge >= 0.3 is 0 Å². The lowest BCUT2D eigenvalue weighted by Gasteiger charge is -2.35. The summed E-state index contributed by atoms with van der Waals surface area (Å²) in [7, 11) is 0. The van der Waals surface area contributed by atoms with Gasteiger partial charge in [0.05, 0.1) is 34.8 Å². The Kier molecular flexibility index (Phi) is 11.3. The van der Waals surface area contributed by atoms with Gasteiger partial charge in [0.25, 0.3) is 0 Å². The summed E-state index contributed by atoms with van der Waals surface area (Å²) in [6.45, 7) is 11.9. The fourth-order valence-electron chi connectivity index (χ4n) is 5.76. The number of rotatable bonds is 11. The van der Waals surface area contributed by atoms with Gasteiger partial charge in [0.15, 0.2) is 0 Å². The molecule has 0 bridgehead atoms. The summed E-state index contributed by atoms with van der Waals surface area (Å²) in [6.07, 6.45) is 2.20. The molecule has 4 rings (SSSR count). The van der Waals surface area contributed by atoms with E-state index in [1.165, 1.54) is 4.90 Å². The molecule has 11 heteroatoms. The molecule has 0 saturated carbocycles. The van der Waals surface area contributed by atoms with Crippen molar-refractivity contribution in [1.82, 2.24) is 25.8 Å². The van der Waals surface area contributed by atoms with Gasteiger partial charge in [-0.3, -0.25) is 14.4 Å². The average molecular weight is 614 g/mol. The van der Waals surface area contributed by atoms with Crippen LogP contribution in [0.4, 0.5) is 0 Å². The standard InChI is InChI=1S/C32H47N5O5S/c1-6-25-28(43-19-34-25)23-9-7-22(8-10-23)20(2)35-30(40)26-15-24(38)16-37(26)31(41)29(32(3,4)5)36-27(39)18-42-17-21-11-13-33-14-12-21/h7-10,19-21,24,26,29,33,38H,6,11-18H2,1-5H3,(H,35,40)(H,36,39)/t20-,24+,26-,29+/m0/s1. The molecular weight excluding hydrogens is 566 g/mol. The highest BCUT2D eigenvalue weighted by Crippen LogP contribution is 2.30. The molecule has 0 radical (unpaired) electrons. The van der Waals surface area contributed by atoms with Crippen molar-refractivity contribution in [2.75, 3.05) is 32.8 Å². The second-order valence-corrected chi connectivity index (χ2v) is 13.7. The number of aliphatic hydroxyl groups is 1. The van der Waals surface area contributed by atoms with Crippen LogP contribution in [-0.4, -0.2) is 83.7 Å². The molecule has 0 unspecified atom stereocenters. The van der Waals surface area contributed by atoms with Crippen molar-refractivity contribution >= 4 is 29.1 Å². The van der Waals surface area contributed by atoms with Gasteiger partial charge in [0, 0.05) is 13.0 Å². The van der Waals surface area contributed by atoms with Gasteiger partial charge in [-0.15, -0.1) is 11.3 Å². The SMILES string of the molecule is CCc1ncsc1-c1ccc([C@H](C)NC(=O)[C@@H]2C[C@@H](O)CN2C(=O)[C@@H](NC(=O)COCC2CCNCC2)C(C)(C)C)cc1. The smallest absolute Gasteiger partial charge is 0.246 e. The largest absolute Gasteiger partial charge is 0.391 e. The second kappa shape index (κ2) is 14.7. The third-order valence-electron chi connectivity index (χ3n) is 8.34. The Morgan fingerprint density at radius 2 is 1.86 bits per heavy atom. The Balaban J connectivity index is 1.37. The number of nitrogens with zero attached hydrogens (tertiary/aromatic N) is 2. The maximum absolute atomic E-state index is 13.8. The third kappa shape index (κ3) is 8.62. The van der Waals surface area contributed by atoms with Crippen LogP contribution in [0.5, 0.6) is 0 Å². The van der Waals surface area contributed by atoms with Crippen molar-refractivity contribution in [2.24, 2.45) is 11.3 Å². The lowest BCUT2D eigenvalue weighted by molar-refractivity contribution is -0.144. The predicted octanol–water partition coefficient (Wildman–Crippen LogP) is 3.06. The van der Waals surface area contributed by atoms with E-state index in [-0.39, 0.29) is 43.3 Å². The number of piperidine rings is 1.